The second-order valence-corrected chi connectivity index (χ2v) is 9.09. The van der Waals surface area contributed by atoms with Crippen LogP contribution in [-0.4, -0.2) is 26.0 Å². The lowest BCUT2D eigenvalue weighted by atomic mass is 9.99. The molecule has 6 nitrogen and oxygen atoms in total. The fourth-order valence-electron chi connectivity index (χ4n) is 4.41. The summed E-state index contributed by atoms with van der Waals surface area (Å²) < 4.78 is 10.9. The Morgan fingerprint density at radius 1 is 0.579 bits per heavy atom. The van der Waals surface area contributed by atoms with Crippen LogP contribution in [0.25, 0.3) is 11.1 Å². The molecule has 0 aromatic heterocycles. The number of amides is 2. The van der Waals surface area contributed by atoms with Gasteiger partial charge in [0.2, 0.25) is 0 Å². The van der Waals surface area contributed by atoms with Crippen molar-refractivity contribution in [3.63, 3.8) is 0 Å². The molecule has 2 N–H and O–H groups in total. The predicted molar refractivity (Wildman–Crippen MR) is 151 cm³/mol. The molecule has 38 heavy (non-hydrogen) atoms. The van der Waals surface area contributed by atoms with Gasteiger partial charge >= 0.3 is 0 Å². The van der Waals surface area contributed by atoms with Crippen molar-refractivity contribution in [1.29, 1.82) is 0 Å². The molecule has 0 saturated carbocycles. The topological polar surface area (TPSA) is 76.7 Å². The number of hydrogen-bond donors (Lipinski definition) is 2. The van der Waals surface area contributed by atoms with Crippen LogP contribution in [-0.2, 0) is 19.1 Å². The lowest BCUT2D eigenvalue weighted by molar-refractivity contribution is -0.126. The fourth-order valence-corrected chi connectivity index (χ4v) is 4.41. The van der Waals surface area contributed by atoms with Crippen LogP contribution >= 0.6 is 0 Å². The molecular weight excluding hydrogens is 476 g/mol. The average Bonchev–Trinajstić information content (AvgIpc) is 2.93. The highest BCUT2D eigenvalue weighted by Crippen LogP contribution is 2.30. The van der Waals surface area contributed by atoms with Gasteiger partial charge in [-0.2, -0.15) is 0 Å². The molecule has 0 radical (unpaired) electrons. The molecule has 0 bridgehead atoms. The molecule has 6 heteroatoms. The van der Waals surface area contributed by atoms with Gasteiger partial charge in [0.05, 0.1) is 0 Å². The van der Waals surface area contributed by atoms with Crippen LogP contribution in [0.15, 0.2) is 97.1 Å². The van der Waals surface area contributed by atoms with Crippen molar-refractivity contribution in [3.8, 4) is 11.1 Å². The predicted octanol–water partition coefficient (Wildman–Crippen LogP) is 6.62. The van der Waals surface area contributed by atoms with E-state index in [9.17, 15) is 9.59 Å². The zero-order chi connectivity index (χ0) is 27.1. The van der Waals surface area contributed by atoms with Crippen LogP contribution in [0.2, 0.25) is 0 Å². The zero-order valence-electron chi connectivity index (χ0n) is 22.0. The molecule has 0 aliphatic heterocycles. The maximum Gasteiger partial charge on any atom is 0.258 e. The smallest absolute Gasteiger partial charge is 0.258 e. The molecule has 0 spiro atoms. The van der Waals surface area contributed by atoms with Gasteiger partial charge in [-0.3, -0.25) is 9.59 Å². The van der Waals surface area contributed by atoms with E-state index in [1.807, 2.05) is 111 Å². The number of aryl methyl sites for hydroxylation is 2. The number of methoxy groups -OCH3 is 2. The third-order valence-electron chi connectivity index (χ3n) is 6.45. The summed E-state index contributed by atoms with van der Waals surface area (Å²) in [6, 6.07) is 30.6. The van der Waals surface area contributed by atoms with E-state index >= 15 is 0 Å². The van der Waals surface area contributed by atoms with Crippen LogP contribution in [0.5, 0.6) is 0 Å². The zero-order valence-corrected chi connectivity index (χ0v) is 22.0. The van der Waals surface area contributed by atoms with Crippen LogP contribution < -0.4 is 10.6 Å². The molecule has 4 aromatic carbocycles. The summed E-state index contributed by atoms with van der Waals surface area (Å²) in [5, 5.41) is 5.97. The van der Waals surface area contributed by atoms with Crippen LogP contribution in [0.1, 0.15) is 34.5 Å². The number of ether oxygens (including phenoxy) is 2. The number of hydrogen-bond acceptors (Lipinski definition) is 4. The number of carbonyl (C=O) groups excluding carboxylic acids is 2. The van der Waals surface area contributed by atoms with Crippen LogP contribution in [0.3, 0.4) is 0 Å². The van der Waals surface area contributed by atoms with Gasteiger partial charge in [-0.25, -0.2) is 0 Å². The second-order valence-electron chi connectivity index (χ2n) is 9.09. The fraction of sp³-hybridized carbons (Fsp3) is 0.188. The summed E-state index contributed by atoms with van der Waals surface area (Å²) >= 11 is 0. The summed E-state index contributed by atoms with van der Waals surface area (Å²) in [6.07, 6.45) is -1.39. The van der Waals surface area contributed by atoms with Gasteiger partial charge in [0.15, 0.2) is 12.2 Å². The largest absolute Gasteiger partial charge is 0.367 e. The van der Waals surface area contributed by atoms with Crippen LogP contribution in [0.4, 0.5) is 11.4 Å². The Kier molecular flexibility index (Phi) is 8.69. The van der Waals surface area contributed by atoms with Crippen molar-refractivity contribution in [2.45, 2.75) is 26.1 Å². The Bertz CT molecular complexity index is 1290. The Morgan fingerprint density at radius 2 is 0.947 bits per heavy atom. The Hall–Kier alpha value is -4.26. The third kappa shape index (κ3) is 6.17. The standard InChI is InChI=1S/C32H32N2O4/c1-21-19-25(15-17-27(21)33-31(35)29(37-3)23-11-7-5-8-12-23)26-16-18-28(22(2)20-26)34-32(36)30(38-4)24-13-9-6-10-14-24/h5-20,29-30H,1-4H3,(H,33,35)(H,34,36)/t29-,30-/m0/s1. The molecule has 2 atom stereocenters. The Balaban J connectivity index is 1.47. The first-order valence-corrected chi connectivity index (χ1v) is 12.4. The van der Waals surface area contributed by atoms with Crippen molar-refractivity contribution in [2.75, 3.05) is 24.9 Å². The molecule has 4 aromatic rings. The SMILES string of the molecule is CO[C@H](C(=O)Nc1ccc(-c2ccc(NC(=O)[C@@H](OC)c3ccccc3)c(C)c2)cc1C)c1ccccc1. The van der Waals surface area contributed by atoms with Crippen LogP contribution in [0, 0.1) is 13.8 Å². The number of anilines is 2. The van der Waals surface area contributed by atoms with Crippen molar-refractivity contribution in [3.05, 3.63) is 119 Å². The molecule has 0 aliphatic carbocycles. The van der Waals surface area contributed by atoms with E-state index in [1.54, 1.807) is 0 Å². The molecule has 0 saturated heterocycles. The van der Waals surface area contributed by atoms with Gasteiger partial charge < -0.3 is 20.1 Å². The molecular formula is C32H32N2O4. The molecule has 194 valence electrons. The Morgan fingerprint density at radius 3 is 1.26 bits per heavy atom. The molecule has 0 heterocycles. The van der Waals surface area contributed by atoms with E-state index in [0.717, 1.165) is 44.8 Å². The maximum absolute atomic E-state index is 12.9. The van der Waals surface area contributed by atoms with Gasteiger partial charge in [0.1, 0.15) is 0 Å². The normalized spacial score (nSPS) is 12.4. The first kappa shape index (κ1) is 26.8. The molecule has 0 fully saturated rings. The highest BCUT2D eigenvalue weighted by Gasteiger charge is 2.22. The van der Waals surface area contributed by atoms with Gasteiger partial charge in [-0.15, -0.1) is 0 Å². The van der Waals surface area contributed by atoms with Crippen molar-refractivity contribution < 1.29 is 19.1 Å². The van der Waals surface area contributed by atoms with Gasteiger partial charge in [-0.1, -0.05) is 72.8 Å². The molecule has 0 unspecified atom stereocenters. The quantitative estimate of drug-likeness (QED) is 0.266. The van der Waals surface area contributed by atoms with E-state index < -0.39 is 12.2 Å². The summed E-state index contributed by atoms with van der Waals surface area (Å²) in [6.45, 7) is 3.92. The minimum atomic E-state index is -0.694. The minimum Gasteiger partial charge on any atom is -0.367 e. The number of nitrogens with one attached hydrogen (secondary N) is 2. The van der Waals surface area contributed by atoms with Crippen molar-refractivity contribution in [2.24, 2.45) is 0 Å². The van der Waals surface area contributed by atoms with Gasteiger partial charge in [0, 0.05) is 25.6 Å². The second kappa shape index (κ2) is 12.3. The number of carbonyl (C=O) groups is 2. The summed E-state index contributed by atoms with van der Waals surface area (Å²) in [4.78, 5) is 25.8. The van der Waals surface area contributed by atoms with Crippen molar-refractivity contribution in [1.82, 2.24) is 0 Å². The summed E-state index contributed by atoms with van der Waals surface area (Å²) in [5.74, 6) is -0.453. The lowest BCUT2D eigenvalue weighted by Crippen LogP contribution is -2.23. The van der Waals surface area contributed by atoms with Gasteiger partial charge in [0.25, 0.3) is 11.8 Å². The monoisotopic (exact) mass is 508 g/mol. The maximum atomic E-state index is 12.9. The molecule has 0 aliphatic rings. The first-order chi connectivity index (χ1) is 18.4. The first-order valence-electron chi connectivity index (χ1n) is 12.4. The number of benzene rings is 4. The van der Waals surface area contributed by atoms with E-state index in [1.165, 1.54) is 14.2 Å². The Labute approximate surface area is 223 Å². The molecule has 2 amide bonds. The molecule has 4 rings (SSSR count). The van der Waals surface area contributed by atoms with E-state index in [2.05, 4.69) is 10.6 Å². The van der Waals surface area contributed by atoms with E-state index in [0.29, 0.717) is 0 Å². The van der Waals surface area contributed by atoms with Crippen molar-refractivity contribution >= 4 is 23.2 Å². The highest BCUT2D eigenvalue weighted by molar-refractivity contribution is 5.97. The third-order valence-corrected chi connectivity index (χ3v) is 6.45. The highest BCUT2D eigenvalue weighted by atomic mass is 16.5. The number of rotatable bonds is 9. The van der Waals surface area contributed by atoms with E-state index in [4.69, 9.17) is 9.47 Å². The summed E-state index contributed by atoms with van der Waals surface area (Å²) in [7, 11) is 3.05. The summed E-state index contributed by atoms with van der Waals surface area (Å²) in [5.41, 5.74) is 6.92. The lowest BCUT2D eigenvalue weighted by Gasteiger charge is -2.18. The van der Waals surface area contributed by atoms with E-state index in [-0.39, 0.29) is 11.8 Å². The minimum absolute atomic E-state index is 0.227. The van der Waals surface area contributed by atoms with Gasteiger partial charge in [-0.05, 0) is 71.5 Å². The average molecular weight is 509 g/mol.